The largest absolute Gasteiger partial charge is 0.454 e. The van der Waals surface area contributed by atoms with Crippen LogP contribution in [0.15, 0.2) is 47.4 Å². The Balaban J connectivity index is 1.26. The molecule has 2 aromatic rings. The number of hydrogen-bond acceptors (Lipinski definition) is 6. The average molecular weight is 483 g/mol. The van der Waals surface area contributed by atoms with Gasteiger partial charge in [-0.1, -0.05) is 67.7 Å². The smallest absolute Gasteiger partial charge is 0.266 e. The molecule has 1 fully saturated rings. The van der Waals surface area contributed by atoms with E-state index < -0.39 is 0 Å². The summed E-state index contributed by atoms with van der Waals surface area (Å²) in [6.07, 6.45) is 5.51. The first-order valence-corrected chi connectivity index (χ1v) is 12.3. The van der Waals surface area contributed by atoms with Crippen molar-refractivity contribution in [2.45, 2.75) is 32.6 Å². The van der Waals surface area contributed by atoms with Crippen LogP contribution in [0, 0.1) is 0 Å². The fraction of sp³-hybridized carbons (Fsp3) is 0.320. The van der Waals surface area contributed by atoms with Gasteiger partial charge in [-0.25, -0.2) is 0 Å². The van der Waals surface area contributed by atoms with E-state index in [4.69, 9.17) is 21.7 Å². The number of benzene rings is 2. The van der Waals surface area contributed by atoms with E-state index >= 15 is 0 Å². The maximum absolute atomic E-state index is 12.8. The first-order valence-electron chi connectivity index (χ1n) is 11.0. The van der Waals surface area contributed by atoms with Crippen LogP contribution in [0.5, 0.6) is 11.5 Å². The van der Waals surface area contributed by atoms with Gasteiger partial charge in [-0.15, -0.1) is 0 Å². The predicted molar refractivity (Wildman–Crippen MR) is 134 cm³/mol. The molecule has 6 nitrogen and oxygen atoms in total. The summed E-state index contributed by atoms with van der Waals surface area (Å²) in [5.74, 6) is 1.14. The van der Waals surface area contributed by atoms with Gasteiger partial charge >= 0.3 is 0 Å². The van der Waals surface area contributed by atoms with E-state index in [1.54, 1.807) is 6.08 Å². The third kappa shape index (κ3) is 5.94. The lowest BCUT2D eigenvalue weighted by atomic mass is 10.0. The van der Waals surface area contributed by atoms with E-state index in [1.165, 1.54) is 35.1 Å². The number of thiocarbonyl (C=S) groups is 1. The van der Waals surface area contributed by atoms with Crippen LogP contribution >= 0.6 is 24.0 Å². The molecule has 2 heterocycles. The first-order chi connectivity index (χ1) is 16.0. The maximum Gasteiger partial charge on any atom is 0.266 e. The second kappa shape index (κ2) is 10.9. The number of unbranched alkanes of at least 4 members (excludes halogenated alkanes) is 1. The Morgan fingerprint density at radius 3 is 2.70 bits per heavy atom. The van der Waals surface area contributed by atoms with Crippen molar-refractivity contribution in [2.24, 2.45) is 0 Å². The molecule has 0 aliphatic carbocycles. The third-order valence-corrected chi connectivity index (χ3v) is 6.81. The number of hydrogen-bond donors (Lipinski definition) is 1. The summed E-state index contributed by atoms with van der Waals surface area (Å²) in [6.45, 7) is 3.06. The van der Waals surface area contributed by atoms with Crippen LogP contribution in [0.1, 0.15) is 36.5 Å². The summed E-state index contributed by atoms with van der Waals surface area (Å²) >= 11 is 6.65. The number of carbonyl (C=O) groups is 2. The molecule has 0 aromatic heterocycles. The summed E-state index contributed by atoms with van der Waals surface area (Å²) in [7, 11) is 0. The Hall–Kier alpha value is -2.84. The number of nitrogens with one attached hydrogen (secondary N) is 1. The van der Waals surface area contributed by atoms with E-state index in [2.05, 4.69) is 24.4 Å². The van der Waals surface area contributed by atoms with Gasteiger partial charge in [0.25, 0.3) is 5.91 Å². The van der Waals surface area contributed by atoms with Crippen molar-refractivity contribution >= 4 is 46.2 Å². The van der Waals surface area contributed by atoms with E-state index in [-0.39, 0.29) is 18.6 Å². The molecule has 0 atom stereocenters. The van der Waals surface area contributed by atoms with Crippen LogP contribution in [-0.4, -0.2) is 40.9 Å². The summed E-state index contributed by atoms with van der Waals surface area (Å²) in [5, 5.41) is 2.89. The summed E-state index contributed by atoms with van der Waals surface area (Å²) < 4.78 is 11.2. The molecule has 0 bridgehead atoms. The first kappa shape index (κ1) is 23.3. The van der Waals surface area contributed by atoms with Gasteiger partial charge in [-0.2, -0.15) is 0 Å². The Bertz CT molecular complexity index is 1080. The third-order valence-electron chi connectivity index (χ3n) is 5.43. The Morgan fingerprint density at radius 2 is 1.91 bits per heavy atom. The lowest BCUT2D eigenvalue weighted by Gasteiger charge is -2.15. The van der Waals surface area contributed by atoms with Crippen molar-refractivity contribution in [3.8, 4) is 11.5 Å². The van der Waals surface area contributed by atoms with Gasteiger partial charge < -0.3 is 14.8 Å². The molecule has 172 valence electrons. The number of aryl methyl sites for hydroxylation is 1. The molecule has 0 radical (unpaired) electrons. The molecule has 2 aromatic carbocycles. The summed E-state index contributed by atoms with van der Waals surface area (Å²) in [6, 6.07) is 13.7. The van der Waals surface area contributed by atoms with Gasteiger partial charge in [0.05, 0.1) is 11.3 Å². The normalized spacial score (nSPS) is 16.0. The second-order valence-corrected chi connectivity index (χ2v) is 9.57. The summed E-state index contributed by atoms with van der Waals surface area (Å²) in [4.78, 5) is 27.2. The van der Waals surface area contributed by atoms with Gasteiger partial charge in [0.2, 0.25) is 12.7 Å². The van der Waals surface area contributed by atoms with Crippen LogP contribution in [0.3, 0.4) is 0 Å². The zero-order valence-electron chi connectivity index (χ0n) is 18.5. The molecule has 0 spiro atoms. The average Bonchev–Trinajstić information content (AvgIpc) is 3.38. The number of rotatable bonds is 9. The number of carbonyl (C=O) groups excluding carboxylic acids is 2. The molecule has 0 unspecified atom stereocenters. The van der Waals surface area contributed by atoms with Crippen LogP contribution in [-0.2, 0) is 22.4 Å². The Morgan fingerprint density at radius 1 is 1.15 bits per heavy atom. The predicted octanol–water partition coefficient (Wildman–Crippen LogP) is 4.32. The van der Waals surface area contributed by atoms with Crippen molar-refractivity contribution in [3.63, 3.8) is 0 Å². The fourth-order valence-electron chi connectivity index (χ4n) is 3.61. The quantitative estimate of drug-likeness (QED) is 0.424. The maximum atomic E-state index is 12.8. The van der Waals surface area contributed by atoms with Crippen LogP contribution in [0.4, 0.5) is 0 Å². The van der Waals surface area contributed by atoms with Gasteiger partial charge in [0, 0.05) is 13.1 Å². The van der Waals surface area contributed by atoms with Gasteiger partial charge in [-0.05, 0) is 47.7 Å². The standard InChI is InChI=1S/C25H26N2O4S2/c1-2-3-4-17-5-7-18(8-6-17)15-23(28)26-11-12-27-24(29)22(33-25(27)32)14-19-9-10-20-21(13-19)31-16-30-20/h5-10,13-14H,2-4,11-12,15-16H2,1H3,(H,26,28)/b22-14+. The lowest BCUT2D eigenvalue weighted by Crippen LogP contribution is -2.37. The number of thioether (sulfide) groups is 1. The molecule has 4 rings (SSSR count). The molecule has 1 N–H and O–H groups in total. The molecule has 2 amide bonds. The van der Waals surface area contributed by atoms with Gasteiger partial charge in [-0.3, -0.25) is 14.5 Å². The highest BCUT2D eigenvalue weighted by molar-refractivity contribution is 8.26. The second-order valence-electron chi connectivity index (χ2n) is 7.89. The number of fused-ring (bicyclic) bond motifs is 1. The van der Waals surface area contributed by atoms with Crippen LogP contribution in [0.25, 0.3) is 6.08 Å². The van der Waals surface area contributed by atoms with E-state index in [0.717, 1.165) is 17.5 Å². The molecule has 2 aliphatic heterocycles. The zero-order chi connectivity index (χ0) is 23.2. The minimum Gasteiger partial charge on any atom is -0.454 e. The van der Waals surface area contributed by atoms with Crippen molar-refractivity contribution < 1.29 is 19.1 Å². The highest BCUT2D eigenvalue weighted by atomic mass is 32.2. The van der Waals surface area contributed by atoms with Crippen molar-refractivity contribution in [1.29, 1.82) is 0 Å². The van der Waals surface area contributed by atoms with E-state index in [9.17, 15) is 9.59 Å². The number of nitrogens with zero attached hydrogens (tertiary/aromatic N) is 1. The monoisotopic (exact) mass is 482 g/mol. The van der Waals surface area contributed by atoms with E-state index in [0.29, 0.717) is 40.2 Å². The Labute approximate surface area is 203 Å². The van der Waals surface area contributed by atoms with Crippen LogP contribution in [0.2, 0.25) is 0 Å². The fourth-order valence-corrected chi connectivity index (χ4v) is 4.92. The van der Waals surface area contributed by atoms with Crippen molar-refractivity contribution in [3.05, 3.63) is 64.1 Å². The van der Waals surface area contributed by atoms with E-state index in [1.807, 2.05) is 30.3 Å². The molecule has 2 aliphatic rings. The van der Waals surface area contributed by atoms with Crippen molar-refractivity contribution in [2.75, 3.05) is 19.9 Å². The molecule has 1 saturated heterocycles. The van der Waals surface area contributed by atoms with Gasteiger partial charge in [0.1, 0.15) is 4.32 Å². The number of ether oxygens (including phenoxy) is 2. The van der Waals surface area contributed by atoms with Gasteiger partial charge in [0.15, 0.2) is 11.5 Å². The SMILES string of the molecule is CCCCc1ccc(CC(=O)NCCN2C(=O)/C(=C\c3ccc4c(c3)OCO4)SC2=S)cc1. The van der Waals surface area contributed by atoms with Crippen molar-refractivity contribution in [1.82, 2.24) is 10.2 Å². The Kier molecular flexibility index (Phi) is 7.67. The number of amides is 2. The zero-order valence-corrected chi connectivity index (χ0v) is 20.1. The molecule has 0 saturated carbocycles. The minimum absolute atomic E-state index is 0.0716. The molecular weight excluding hydrogens is 456 g/mol. The molecule has 33 heavy (non-hydrogen) atoms. The summed E-state index contributed by atoms with van der Waals surface area (Å²) in [5.41, 5.74) is 3.11. The lowest BCUT2D eigenvalue weighted by molar-refractivity contribution is -0.123. The highest BCUT2D eigenvalue weighted by Gasteiger charge is 2.31. The molecule has 8 heteroatoms. The molecular formula is C25H26N2O4S2. The topological polar surface area (TPSA) is 67.9 Å². The van der Waals surface area contributed by atoms with Crippen LogP contribution < -0.4 is 14.8 Å². The minimum atomic E-state index is -0.153. The highest BCUT2D eigenvalue weighted by Crippen LogP contribution is 2.36.